The van der Waals surface area contributed by atoms with Gasteiger partial charge in [0.2, 0.25) is 4.96 Å². The molecule has 0 fully saturated rings. The average Bonchev–Trinajstić information content (AvgIpc) is 3.28. The van der Waals surface area contributed by atoms with Crippen LogP contribution in [0.15, 0.2) is 53.4 Å². The fraction of sp³-hybridized carbons (Fsp3) is 0. The zero-order valence-corrected chi connectivity index (χ0v) is 13.2. The minimum atomic E-state index is 0.708. The second kappa shape index (κ2) is 4.71. The Morgan fingerprint density at radius 2 is 2.22 bits per heavy atom. The third kappa shape index (κ3) is 1.99. The fourth-order valence-corrected chi connectivity index (χ4v) is 3.71. The number of halogens is 1. The molecule has 0 atom stereocenters. The fourth-order valence-electron chi connectivity index (χ4n) is 2.62. The summed E-state index contributed by atoms with van der Waals surface area (Å²) in [5.41, 5.74) is 2.84. The van der Waals surface area contributed by atoms with Crippen molar-refractivity contribution in [2.75, 3.05) is 0 Å². The standard InChI is InChI=1S/C16H9ClN4OS/c17-9-3-4-12-10(6-9)11(7-18-12)15-20-21-8-13(19-16(21)23-15)14-2-1-5-22-14/h1-8,18H. The minimum absolute atomic E-state index is 0.708. The first-order valence-electron chi connectivity index (χ1n) is 6.95. The van der Waals surface area contributed by atoms with E-state index in [2.05, 4.69) is 15.1 Å². The summed E-state index contributed by atoms with van der Waals surface area (Å²) in [5.74, 6) is 0.739. The van der Waals surface area contributed by atoms with Crippen LogP contribution in [-0.4, -0.2) is 19.6 Å². The van der Waals surface area contributed by atoms with E-state index in [9.17, 15) is 0 Å². The highest BCUT2D eigenvalue weighted by Crippen LogP contribution is 2.34. The maximum Gasteiger partial charge on any atom is 0.213 e. The highest BCUT2D eigenvalue weighted by molar-refractivity contribution is 7.20. The number of H-pyrrole nitrogens is 1. The zero-order chi connectivity index (χ0) is 15.4. The molecule has 5 nitrogen and oxygen atoms in total. The van der Waals surface area contributed by atoms with E-state index >= 15 is 0 Å². The van der Waals surface area contributed by atoms with E-state index in [0.717, 1.165) is 37.9 Å². The lowest BCUT2D eigenvalue weighted by atomic mass is 10.2. The van der Waals surface area contributed by atoms with Crippen LogP contribution in [0.2, 0.25) is 5.02 Å². The molecule has 0 aliphatic carbocycles. The van der Waals surface area contributed by atoms with Crippen LogP contribution in [0.1, 0.15) is 0 Å². The predicted octanol–water partition coefficient (Wildman–Crippen LogP) is 4.85. The Labute approximate surface area is 139 Å². The van der Waals surface area contributed by atoms with Crippen molar-refractivity contribution in [1.82, 2.24) is 19.6 Å². The summed E-state index contributed by atoms with van der Waals surface area (Å²) in [4.78, 5) is 8.64. The van der Waals surface area contributed by atoms with Gasteiger partial charge in [0.25, 0.3) is 0 Å². The Kier molecular flexibility index (Phi) is 2.65. The lowest BCUT2D eigenvalue weighted by molar-refractivity contribution is 0.580. The summed E-state index contributed by atoms with van der Waals surface area (Å²) in [5, 5.41) is 7.29. The maximum atomic E-state index is 6.11. The Morgan fingerprint density at radius 1 is 1.26 bits per heavy atom. The summed E-state index contributed by atoms with van der Waals surface area (Å²) >= 11 is 7.64. The third-order valence-electron chi connectivity index (χ3n) is 3.69. The Morgan fingerprint density at radius 3 is 3.04 bits per heavy atom. The molecule has 0 amide bonds. The first-order valence-corrected chi connectivity index (χ1v) is 8.14. The lowest BCUT2D eigenvalue weighted by Crippen LogP contribution is -1.81. The number of imidazole rings is 1. The van der Waals surface area contributed by atoms with Crippen molar-refractivity contribution >= 4 is 38.8 Å². The molecule has 7 heteroatoms. The largest absolute Gasteiger partial charge is 0.463 e. The van der Waals surface area contributed by atoms with Crippen LogP contribution < -0.4 is 0 Å². The molecule has 1 aromatic carbocycles. The van der Waals surface area contributed by atoms with Gasteiger partial charge in [-0.1, -0.05) is 22.9 Å². The smallest absolute Gasteiger partial charge is 0.213 e. The van der Waals surface area contributed by atoms with Crippen LogP contribution in [0.3, 0.4) is 0 Å². The molecular formula is C16H9ClN4OS. The molecule has 5 aromatic rings. The number of furan rings is 1. The lowest BCUT2D eigenvalue weighted by Gasteiger charge is -1.94. The van der Waals surface area contributed by atoms with Gasteiger partial charge in [0.1, 0.15) is 10.7 Å². The third-order valence-corrected chi connectivity index (χ3v) is 4.88. The number of fused-ring (bicyclic) bond motifs is 2. The highest BCUT2D eigenvalue weighted by Gasteiger charge is 2.15. The molecule has 0 spiro atoms. The van der Waals surface area contributed by atoms with E-state index in [1.807, 2.05) is 42.7 Å². The molecule has 0 radical (unpaired) electrons. The van der Waals surface area contributed by atoms with Crippen molar-refractivity contribution in [3.8, 4) is 22.0 Å². The van der Waals surface area contributed by atoms with Gasteiger partial charge in [-0.05, 0) is 30.3 Å². The molecule has 0 bridgehead atoms. The van der Waals surface area contributed by atoms with Crippen LogP contribution in [0.4, 0.5) is 0 Å². The molecule has 5 rings (SSSR count). The van der Waals surface area contributed by atoms with Crippen molar-refractivity contribution in [2.45, 2.75) is 0 Å². The van der Waals surface area contributed by atoms with E-state index in [4.69, 9.17) is 16.0 Å². The normalized spacial score (nSPS) is 11.7. The highest BCUT2D eigenvalue weighted by atomic mass is 35.5. The van der Waals surface area contributed by atoms with E-state index in [0.29, 0.717) is 5.02 Å². The molecule has 4 aromatic heterocycles. The second-order valence-corrected chi connectivity index (χ2v) is 6.52. The Bertz CT molecular complexity index is 1100. The average molecular weight is 341 g/mol. The van der Waals surface area contributed by atoms with E-state index < -0.39 is 0 Å². The number of rotatable bonds is 2. The molecule has 0 aliphatic rings. The van der Waals surface area contributed by atoms with Gasteiger partial charge >= 0.3 is 0 Å². The van der Waals surface area contributed by atoms with Gasteiger partial charge in [0.15, 0.2) is 5.76 Å². The molecule has 0 saturated heterocycles. The van der Waals surface area contributed by atoms with Crippen LogP contribution >= 0.6 is 22.9 Å². The van der Waals surface area contributed by atoms with Gasteiger partial charge in [-0.15, -0.1) is 0 Å². The molecule has 0 saturated carbocycles. The van der Waals surface area contributed by atoms with Gasteiger partial charge in [-0.3, -0.25) is 0 Å². The number of benzene rings is 1. The number of nitrogens with zero attached hydrogens (tertiary/aromatic N) is 3. The van der Waals surface area contributed by atoms with Gasteiger partial charge in [0, 0.05) is 27.7 Å². The minimum Gasteiger partial charge on any atom is -0.463 e. The molecule has 0 unspecified atom stereocenters. The first-order chi connectivity index (χ1) is 11.3. The molecule has 1 N–H and O–H groups in total. The van der Waals surface area contributed by atoms with Gasteiger partial charge in [0.05, 0.1) is 12.5 Å². The summed E-state index contributed by atoms with van der Waals surface area (Å²) in [7, 11) is 0. The number of hydrogen-bond acceptors (Lipinski definition) is 4. The van der Waals surface area contributed by atoms with Crippen LogP contribution in [0, 0.1) is 0 Å². The monoisotopic (exact) mass is 340 g/mol. The van der Waals surface area contributed by atoms with E-state index in [1.54, 1.807) is 10.8 Å². The number of hydrogen-bond donors (Lipinski definition) is 1. The van der Waals surface area contributed by atoms with Crippen molar-refractivity contribution in [3.63, 3.8) is 0 Å². The summed E-state index contributed by atoms with van der Waals surface area (Å²) < 4.78 is 7.15. The summed E-state index contributed by atoms with van der Waals surface area (Å²) in [6.45, 7) is 0. The van der Waals surface area contributed by atoms with E-state index in [-0.39, 0.29) is 0 Å². The SMILES string of the molecule is Clc1ccc2[nH]cc(-c3nn4cc(-c5ccco5)nc4s3)c2c1. The van der Waals surface area contributed by atoms with Gasteiger partial charge in [-0.2, -0.15) is 5.10 Å². The zero-order valence-electron chi connectivity index (χ0n) is 11.7. The van der Waals surface area contributed by atoms with E-state index in [1.165, 1.54) is 11.3 Å². The second-order valence-electron chi connectivity index (χ2n) is 5.13. The predicted molar refractivity (Wildman–Crippen MR) is 90.9 cm³/mol. The van der Waals surface area contributed by atoms with Crippen molar-refractivity contribution in [2.24, 2.45) is 0 Å². The molecule has 23 heavy (non-hydrogen) atoms. The quantitative estimate of drug-likeness (QED) is 0.499. The van der Waals surface area contributed by atoms with Crippen molar-refractivity contribution in [3.05, 3.63) is 54.0 Å². The Hall–Kier alpha value is -2.57. The molecular weight excluding hydrogens is 332 g/mol. The van der Waals surface area contributed by atoms with Crippen LogP contribution in [0.5, 0.6) is 0 Å². The summed E-state index contributed by atoms with van der Waals surface area (Å²) in [6, 6.07) is 9.51. The number of aromatic amines is 1. The van der Waals surface area contributed by atoms with Gasteiger partial charge in [-0.25, -0.2) is 9.50 Å². The molecule has 112 valence electrons. The van der Waals surface area contributed by atoms with Crippen LogP contribution in [-0.2, 0) is 0 Å². The maximum absolute atomic E-state index is 6.11. The first kappa shape index (κ1) is 12.9. The van der Waals surface area contributed by atoms with Gasteiger partial charge < -0.3 is 9.40 Å². The number of nitrogens with one attached hydrogen (secondary N) is 1. The number of aromatic nitrogens is 4. The molecule has 0 aliphatic heterocycles. The summed E-state index contributed by atoms with van der Waals surface area (Å²) in [6.07, 6.45) is 5.46. The van der Waals surface area contributed by atoms with Crippen molar-refractivity contribution < 1.29 is 4.42 Å². The Balaban J connectivity index is 1.65. The van der Waals surface area contributed by atoms with Crippen molar-refractivity contribution in [1.29, 1.82) is 0 Å². The topological polar surface area (TPSA) is 59.1 Å². The van der Waals surface area contributed by atoms with Crippen LogP contribution in [0.25, 0.3) is 37.9 Å². The molecule has 4 heterocycles.